The standard InChI is InChI=1S/C19H22N2O4S/c1-24-14-3-4-16(25-2)15(11-14)19(23)20-8-5-18(22)21-9-6-17-13(12-21)7-10-26-17/h3-4,7,10-11H,5-6,8-9,12H2,1-2H3,(H,20,23). The zero-order valence-corrected chi connectivity index (χ0v) is 15.7. The predicted molar refractivity (Wildman–Crippen MR) is 99.9 cm³/mol. The predicted octanol–water partition coefficient (Wildman–Crippen LogP) is 2.47. The van der Waals surface area contributed by atoms with Crippen LogP contribution in [0.5, 0.6) is 11.5 Å². The molecule has 0 fully saturated rings. The smallest absolute Gasteiger partial charge is 0.255 e. The molecule has 6 nitrogen and oxygen atoms in total. The number of amides is 2. The van der Waals surface area contributed by atoms with Crippen molar-refractivity contribution in [2.75, 3.05) is 27.3 Å². The first-order valence-corrected chi connectivity index (χ1v) is 9.33. The molecule has 0 radical (unpaired) electrons. The number of ether oxygens (including phenoxy) is 2. The molecule has 0 atom stereocenters. The number of hydrogen-bond donors (Lipinski definition) is 1. The third kappa shape index (κ3) is 3.99. The average Bonchev–Trinajstić information content (AvgIpc) is 3.14. The van der Waals surface area contributed by atoms with Gasteiger partial charge in [0.25, 0.3) is 5.91 Å². The largest absolute Gasteiger partial charge is 0.497 e. The summed E-state index contributed by atoms with van der Waals surface area (Å²) < 4.78 is 10.4. The Morgan fingerprint density at radius 1 is 1.23 bits per heavy atom. The fraction of sp³-hybridized carbons (Fsp3) is 0.368. The normalized spacial score (nSPS) is 13.1. The van der Waals surface area contributed by atoms with Gasteiger partial charge in [-0.25, -0.2) is 0 Å². The van der Waals surface area contributed by atoms with Gasteiger partial charge in [-0.1, -0.05) is 0 Å². The molecule has 1 aliphatic rings. The number of nitrogens with zero attached hydrogens (tertiary/aromatic N) is 1. The summed E-state index contributed by atoms with van der Waals surface area (Å²) in [7, 11) is 3.05. The van der Waals surface area contributed by atoms with Crippen molar-refractivity contribution in [3.05, 3.63) is 45.6 Å². The van der Waals surface area contributed by atoms with E-state index in [2.05, 4.69) is 16.8 Å². The molecule has 0 saturated heterocycles. The maximum absolute atomic E-state index is 12.4. The Kier molecular flexibility index (Phi) is 5.78. The highest BCUT2D eigenvalue weighted by Gasteiger charge is 2.21. The van der Waals surface area contributed by atoms with Crippen LogP contribution in [0.2, 0.25) is 0 Å². The number of hydrogen-bond acceptors (Lipinski definition) is 5. The lowest BCUT2D eigenvalue weighted by Gasteiger charge is -2.27. The Labute approximate surface area is 156 Å². The van der Waals surface area contributed by atoms with Gasteiger partial charge in [-0.3, -0.25) is 9.59 Å². The minimum absolute atomic E-state index is 0.0553. The van der Waals surface area contributed by atoms with Crippen LogP contribution < -0.4 is 14.8 Å². The lowest BCUT2D eigenvalue weighted by atomic mass is 10.1. The second-order valence-corrected chi connectivity index (χ2v) is 7.01. The molecule has 3 rings (SSSR count). The lowest BCUT2D eigenvalue weighted by molar-refractivity contribution is -0.131. The summed E-state index contributed by atoms with van der Waals surface area (Å²) in [5.41, 5.74) is 1.62. The molecule has 138 valence electrons. The Bertz CT molecular complexity index is 803. The van der Waals surface area contributed by atoms with Crippen LogP contribution in [-0.2, 0) is 17.8 Å². The Balaban J connectivity index is 1.53. The third-order valence-corrected chi connectivity index (χ3v) is 5.46. The van der Waals surface area contributed by atoms with E-state index in [1.165, 1.54) is 17.6 Å². The number of carbonyl (C=O) groups excluding carboxylic acids is 2. The average molecular weight is 374 g/mol. The summed E-state index contributed by atoms with van der Waals surface area (Å²) in [5.74, 6) is 0.814. The summed E-state index contributed by atoms with van der Waals surface area (Å²) in [5, 5.41) is 4.86. The van der Waals surface area contributed by atoms with Crippen molar-refractivity contribution in [2.45, 2.75) is 19.4 Å². The molecule has 2 heterocycles. The second kappa shape index (κ2) is 8.23. The summed E-state index contributed by atoms with van der Waals surface area (Å²) in [6.45, 7) is 1.68. The topological polar surface area (TPSA) is 67.9 Å². The maximum atomic E-state index is 12.4. The van der Waals surface area contributed by atoms with Crippen LogP contribution in [0.4, 0.5) is 0 Å². The molecule has 0 saturated carbocycles. The third-order valence-electron chi connectivity index (χ3n) is 4.44. The number of nitrogens with one attached hydrogen (secondary N) is 1. The van der Waals surface area contributed by atoms with Gasteiger partial charge in [-0.05, 0) is 41.6 Å². The van der Waals surface area contributed by atoms with Gasteiger partial charge in [0, 0.05) is 30.9 Å². The van der Waals surface area contributed by atoms with Gasteiger partial charge in [-0.2, -0.15) is 0 Å². The first-order valence-electron chi connectivity index (χ1n) is 8.45. The van der Waals surface area contributed by atoms with Crippen molar-refractivity contribution in [3.63, 3.8) is 0 Å². The maximum Gasteiger partial charge on any atom is 0.255 e. The Morgan fingerprint density at radius 3 is 2.85 bits per heavy atom. The molecule has 2 amide bonds. The minimum Gasteiger partial charge on any atom is -0.497 e. The van der Waals surface area contributed by atoms with Crippen molar-refractivity contribution in [1.82, 2.24) is 10.2 Å². The van der Waals surface area contributed by atoms with Crippen LogP contribution in [0.3, 0.4) is 0 Å². The van der Waals surface area contributed by atoms with E-state index in [0.717, 1.165) is 13.0 Å². The molecule has 1 aliphatic heterocycles. The fourth-order valence-corrected chi connectivity index (χ4v) is 3.88. The zero-order chi connectivity index (χ0) is 18.5. The molecule has 1 N–H and O–H groups in total. The van der Waals surface area contributed by atoms with Crippen LogP contribution in [0.1, 0.15) is 27.2 Å². The van der Waals surface area contributed by atoms with E-state index in [0.29, 0.717) is 23.6 Å². The summed E-state index contributed by atoms with van der Waals surface area (Å²) in [6.07, 6.45) is 1.18. The number of rotatable bonds is 6. The fourth-order valence-electron chi connectivity index (χ4n) is 2.99. The second-order valence-electron chi connectivity index (χ2n) is 6.01. The van der Waals surface area contributed by atoms with Crippen molar-refractivity contribution in [1.29, 1.82) is 0 Å². The molecule has 0 aliphatic carbocycles. The van der Waals surface area contributed by atoms with Crippen LogP contribution in [0.15, 0.2) is 29.6 Å². The van der Waals surface area contributed by atoms with Crippen molar-refractivity contribution in [3.8, 4) is 11.5 Å². The summed E-state index contributed by atoms with van der Waals surface area (Å²) in [6, 6.07) is 7.12. The van der Waals surface area contributed by atoms with E-state index in [4.69, 9.17) is 9.47 Å². The Hall–Kier alpha value is -2.54. The quantitative estimate of drug-likeness (QED) is 0.843. The lowest BCUT2D eigenvalue weighted by Crippen LogP contribution is -2.37. The molecule has 1 aromatic carbocycles. The van der Waals surface area contributed by atoms with Gasteiger partial charge >= 0.3 is 0 Å². The van der Waals surface area contributed by atoms with Crippen molar-refractivity contribution >= 4 is 23.2 Å². The number of fused-ring (bicyclic) bond motifs is 1. The molecule has 0 spiro atoms. The van der Waals surface area contributed by atoms with Crippen LogP contribution in [0.25, 0.3) is 0 Å². The van der Waals surface area contributed by atoms with Gasteiger partial charge in [0.05, 0.1) is 19.8 Å². The van der Waals surface area contributed by atoms with Gasteiger partial charge in [0.2, 0.25) is 5.91 Å². The molecule has 26 heavy (non-hydrogen) atoms. The van der Waals surface area contributed by atoms with Crippen LogP contribution >= 0.6 is 11.3 Å². The number of methoxy groups -OCH3 is 2. The van der Waals surface area contributed by atoms with Crippen LogP contribution in [-0.4, -0.2) is 44.0 Å². The highest BCUT2D eigenvalue weighted by Crippen LogP contribution is 2.25. The minimum atomic E-state index is -0.285. The van der Waals surface area contributed by atoms with Gasteiger partial charge < -0.3 is 19.7 Å². The SMILES string of the molecule is COc1ccc(OC)c(C(=O)NCCC(=O)N2CCc3sccc3C2)c1. The molecule has 7 heteroatoms. The van der Waals surface area contributed by atoms with Gasteiger partial charge in [-0.15, -0.1) is 11.3 Å². The summed E-state index contributed by atoms with van der Waals surface area (Å²) >= 11 is 1.75. The number of benzene rings is 1. The molecule has 0 bridgehead atoms. The molecular weight excluding hydrogens is 352 g/mol. The van der Waals surface area contributed by atoms with E-state index < -0.39 is 0 Å². The van der Waals surface area contributed by atoms with E-state index in [9.17, 15) is 9.59 Å². The molecule has 2 aromatic rings. The first kappa shape index (κ1) is 18.3. The summed E-state index contributed by atoms with van der Waals surface area (Å²) in [4.78, 5) is 28.0. The van der Waals surface area contributed by atoms with Gasteiger partial charge in [0.15, 0.2) is 0 Å². The van der Waals surface area contributed by atoms with Crippen molar-refractivity contribution < 1.29 is 19.1 Å². The molecule has 0 unspecified atom stereocenters. The first-order chi connectivity index (χ1) is 12.6. The van der Waals surface area contributed by atoms with Gasteiger partial charge in [0.1, 0.15) is 11.5 Å². The zero-order valence-electron chi connectivity index (χ0n) is 14.9. The highest BCUT2D eigenvalue weighted by molar-refractivity contribution is 7.10. The van der Waals surface area contributed by atoms with E-state index in [-0.39, 0.29) is 24.8 Å². The number of thiophene rings is 1. The van der Waals surface area contributed by atoms with Crippen molar-refractivity contribution in [2.24, 2.45) is 0 Å². The Morgan fingerprint density at radius 2 is 2.08 bits per heavy atom. The molecule has 1 aromatic heterocycles. The molecular formula is C19H22N2O4S. The number of carbonyl (C=O) groups is 2. The van der Waals surface area contributed by atoms with E-state index >= 15 is 0 Å². The van der Waals surface area contributed by atoms with E-state index in [1.54, 1.807) is 36.6 Å². The van der Waals surface area contributed by atoms with E-state index in [1.807, 2.05) is 4.90 Å². The monoisotopic (exact) mass is 374 g/mol. The highest BCUT2D eigenvalue weighted by atomic mass is 32.1. The van der Waals surface area contributed by atoms with Crippen LogP contribution in [0, 0.1) is 0 Å².